The SMILES string of the molecule is COc1ccc(CNc2cc(C)[nH]n2)c(OC)c1. The summed E-state index contributed by atoms with van der Waals surface area (Å²) in [7, 11) is 3.29. The van der Waals surface area contributed by atoms with Gasteiger partial charge >= 0.3 is 0 Å². The van der Waals surface area contributed by atoms with Crippen molar-refractivity contribution in [2.24, 2.45) is 0 Å². The zero-order chi connectivity index (χ0) is 13.0. The molecule has 5 nitrogen and oxygen atoms in total. The molecule has 0 unspecified atom stereocenters. The number of aryl methyl sites for hydroxylation is 1. The highest BCUT2D eigenvalue weighted by atomic mass is 16.5. The number of aromatic nitrogens is 2. The van der Waals surface area contributed by atoms with E-state index in [4.69, 9.17) is 9.47 Å². The predicted molar refractivity (Wildman–Crippen MR) is 70.2 cm³/mol. The first-order chi connectivity index (χ1) is 8.72. The first-order valence-electron chi connectivity index (χ1n) is 5.69. The Morgan fingerprint density at radius 1 is 1.22 bits per heavy atom. The van der Waals surface area contributed by atoms with E-state index in [0.717, 1.165) is 28.6 Å². The Kier molecular flexibility index (Phi) is 3.72. The Morgan fingerprint density at radius 2 is 2.06 bits per heavy atom. The van der Waals surface area contributed by atoms with E-state index in [1.807, 2.05) is 31.2 Å². The van der Waals surface area contributed by atoms with E-state index >= 15 is 0 Å². The van der Waals surface area contributed by atoms with Gasteiger partial charge < -0.3 is 14.8 Å². The van der Waals surface area contributed by atoms with Gasteiger partial charge in [-0.25, -0.2) is 0 Å². The van der Waals surface area contributed by atoms with Gasteiger partial charge in [0.1, 0.15) is 17.3 Å². The minimum Gasteiger partial charge on any atom is -0.497 e. The van der Waals surface area contributed by atoms with Gasteiger partial charge in [0.25, 0.3) is 0 Å². The van der Waals surface area contributed by atoms with Crippen molar-refractivity contribution in [3.63, 3.8) is 0 Å². The molecule has 2 rings (SSSR count). The molecule has 0 saturated carbocycles. The normalized spacial score (nSPS) is 10.2. The van der Waals surface area contributed by atoms with Gasteiger partial charge in [-0.3, -0.25) is 5.10 Å². The number of benzene rings is 1. The number of hydrogen-bond acceptors (Lipinski definition) is 4. The molecular formula is C13H17N3O2. The molecular weight excluding hydrogens is 230 g/mol. The monoisotopic (exact) mass is 247 g/mol. The molecule has 96 valence electrons. The Bertz CT molecular complexity index is 523. The summed E-state index contributed by atoms with van der Waals surface area (Å²) in [5.41, 5.74) is 2.08. The van der Waals surface area contributed by atoms with E-state index < -0.39 is 0 Å². The first-order valence-corrected chi connectivity index (χ1v) is 5.69. The second-order valence-corrected chi connectivity index (χ2v) is 3.97. The second kappa shape index (κ2) is 5.44. The van der Waals surface area contributed by atoms with Crippen LogP contribution in [0, 0.1) is 6.92 Å². The molecule has 18 heavy (non-hydrogen) atoms. The van der Waals surface area contributed by atoms with E-state index in [2.05, 4.69) is 15.5 Å². The van der Waals surface area contributed by atoms with E-state index in [-0.39, 0.29) is 0 Å². The quantitative estimate of drug-likeness (QED) is 0.851. The maximum absolute atomic E-state index is 5.33. The summed E-state index contributed by atoms with van der Waals surface area (Å²) in [6, 6.07) is 7.71. The number of rotatable bonds is 5. The molecule has 0 aliphatic rings. The number of nitrogens with zero attached hydrogens (tertiary/aromatic N) is 1. The van der Waals surface area contributed by atoms with E-state index in [1.54, 1.807) is 14.2 Å². The summed E-state index contributed by atoms with van der Waals surface area (Å²) in [5.74, 6) is 2.41. The molecule has 0 bridgehead atoms. The van der Waals surface area contributed by atoms with E-state index in [9.17, 15) is 0 Å². The Balaban J connectivity index is 2.08. The van der Waals surface area contributed by atoms with Crippen LogP contribution in [0.4, 0.5) is 5.82 Å². The third-order valence-corrected chi connectivity index (χ3v) is 2.66. The third-order valence-electron chi connectivity index (χ3n) is 2.66. The summed E-state index contributed by atoms with van der Waals surface area (Å²) in [4.78, 5) is 0. The van der Waals surface area contributed by atoms with Crippen molar-refractivity contribution in [1.82, 2.24) is 10.2 Å². The minimum absolute atomic E-state index is 0.650. The molecule has 0 aliphatic heterocycles. The van der Waals surface area contributed by atoms with E-state index in [1.165, 1.54) is 0 Å². The van der Waals surface area contributed by atoms with Crippen LogP contribution in [0.5, 0.6) is 11.5 Å². The zero-order valence-electron chi connectivity index (χ0n) is 10.8. The molecule has 0 radical (unpaired) electrons. The topological polar surface area (TPSA) is 59.2 Å². The molecule has 0 fully saturated rings. The number of anilines is 1. The molecule has 0 spiro atoms. The van der Waals surface area contributed by atoms with Crippen LogP contribution in [0.2, 0.25) is 0 Å². The fourth-order valence-corrected chi connectivity index (χ4v) is 1.69. The van der Waals surface area contributed by atoms with Crippen LogP contribution in [-0.4, -0.2) is 24.4 Å². The smallest absolute Gasteiger partial charge is 0.148 e. The number of ether oxygens (including phenoxy) is 2. The lowest BCUT2D eigenvalue weighted by atomic mass is 10.2. The Hall–Kier alpha value is -2.17. The van der Waals surface area contributed by atoms with Crippen molar-refractivity contribution in [1.29, 1.82) is 0 Å². The van der Waals surface area contributed by atoms with Gasteiger partial charge in [0.15, 0.2) is 0 Å². The number of hydrogen-bond donors (Lipinski definition) is 2. The minimum atomic E-state index is 0.650. The highest BCUT2D eigenvalue weighted by Gasteiger charge is 2.05. The fraction of sp³-hybridized carbons (Fsp3) is 0.308. The lowest BCUT2D eigenvalue weighted by Crippen LogP contribution is -2.02. The largest absolute Gasteiger partial charge is 0.497 e. The number of H-pyrrole nitrogens is 1. The molecule has 2 aromatic rings. The van der Waals surface area contributed by atoms with Crippen LogP contribution in [0.3, 0.4) is 0 Å². The van der Waals surface area contributed by atoms with Gasteiger partial charge in [-0.1, -0.05) is 0 Å². The summed E-state index contributed by atoms with van der Waals surface area (Å²) in [6.07, 6.45) is 0. The Labute approximate surface area is 106 Å². The molecule has 5 heteroatoms. The van der Waals surface area contributed by atoms with Gasteiger partial charge in [0.2, 0.25) is 0 Å². The average molecular weight is 247 g/mol. The molecule has 1 aromatic carbocycles. The summed E-state index contributed by atoms with van der Waals surface area (Å²) >= 11 is 0. The van der Waals surface area contributed by atoms with Crippen LogP contribution < -0.4 is 14.8 Å². The summed E-state index contributed by atoms with van der Waals surface area (Å²) in [6.45, 7) is 2.61. The van der Waals surface area contributed by atoms with Crippen molar-refractivity contribution >= 4 is 5.82 Å². The fourth-order valence-electron chi connectivity index (χ4n) is 1.69. The second-order valence-electron chi connectivity index (χ2n) is 3.97. The predicted octanol–water partition coefficient (Wildman–Crippen LogP) is 2.35. The maximum Gasteiger partial charge on any atom is 0.148 e. The zero-order valence-corrected chi connectivity index (χ0v) is 10.8. The van der Waals surface area contributed by atoms with Crippen LogP contribution in [0.15, 0.2) is 24.3 Å². The number of nitrogens with one attached hydrogen (secondary N) is 2. The van der Waals surface area contributed by atoms with Crippen molar-refractivity contribution in [2.45, 2.75) is 13.5 Å². The first kappa shape index (κ1) is 12.3. The van der Waals surface area contributed by atoms with Crippen molar-refractivity contribution < 1.29 is 9.47 Å². The standard InChI is InChI=1S/C13H17N3O2/c1-9-6-13(16-15-9)14-8-10-4-5-11(17-2)7-12(10)18-3/h4-7H,8H2,1-3H3,(H2,14,15,16). The highest BCUT2D eigenvalue weighted by molar-refractivity contribution is 5.44. The van der Waals surface area contributed by atoms with Gasteiger partial charge in [0.05, 0.1) is 14.2 Å². The Morgan fingerprint density at radius 3 is 2.67 bits per heavy atom. The third kappa shape index (κ3) is 2.74. The molecule has 0 saturated heterocycles. The van der Waals surface area contributed by atoms with Gasteiger partial charge in [-0.2, -0.15) is 5.10 Å². The van der Waals surface area contributed by atoms with Crippen molar-refractivity contribution in [2.75, 3.05) is 19.5 Å². The number of methoxy groups -OCH3 is 2. The van der Waals surface area contributed by atoms with E-state index in [0.29, 0.717) is 6.54 Å². The lowest BCUT2D eigenvalue weighted by molar-refractivity contribution is 0.391. The number of aromatic amines is 1. The van der Waals surface area contributed by atoms with Gasteiger partial charge in [-0.15, -0.1) is 0 Å². The molecule has 0 atom stereocenters. The van der Waals surface area contributed by atoms with Crippen molar-refractivity contribution in [3.05, 3.63) is 35.5 Å². The van der Waals surface area contributed by atoms with Gasteiger partial charge in [-0.05, 0) is 19.1 Å². The molecule has 1 aromatic heterocycles. The molecule has 0 aliphatic carbocycles. The van der Waals surface area contributed by atoms with Gasteiger partial charge in [0, 0.05) is 29.9 Å². The lowest BCUT2D eigenvalue weighted by Gasteiger charge is -2.10. The van der Waals surface area contributed by atoms with Crippen LogP contribution in [0.25, 0.3) is 0 Å². The maximum atomic E-state index is 5.33. The highest BCUT2D eigenvalue weighted by Crippen LogP contribution is 2.25. The van der Waals surface area contributed by atoms with Crippen molar-refractivity contribution in [3.8, 4) is 11.5 Å². The molecule has 1 heterocycles. The van der Waals surface area contributed by atoms with Crippen LogP contribution >= 0.6 is 0 Å². The molecule has 2 N–H and O–H groups in total. The summed E-state index contributed by atoms with van der Waals surface area (Å²) < 4.78 is 10.5. The van der Waals surface area contributed by atoms with Crippen LogP contribution in [-0.2, 0) is 6.54 Å². The molecule has 0 amide bonds. The average Bonchev–Trinajstić information content (AvgIpc) is 2.82. The van der Waals surface area contributed by atoms with Crippen LogP contribution in [0.1, 0.15) is 11.3 Å². The summed E-state index contributed by atoms with van der Waals surface area (Å²) in [5, 5.41) is 10.2.